The van der Waals surface area contributed by atoms with E-state index < -0.39 is 0 Å². The second-order valence-corrected chi connectivity index (χ2v) is 8.08. The van der Waals surface area contributed by atoms with Crippen molar-refractivity contribution in [3.05, 3.63) is 58.3 Å². The summed E-state index contributed by atoms with van der Waals surface area (Å²) in [5.41, 5.74) is 2.52. The lowest BCUT2D eigenvalue weighted by Crippen LogP contribution is -2.38. The van der Waals surface area contributed by atoms with Gasteiger partial charge in [0, 0.05) is 44.6 Å². The molecular formula is C24H30N6O3. The molecule has 0 unspecified atom stereocenters. The molecule has 0 aromatic carbocycles. The first kappa shape index (κ1) is 22.7. The van der Waals surface area contributed by atoms with Gasteiger partial charge in [0.2, 0.25) is 5.88 Å². The highest BCUT2D eigenvalue weighted by Gasteiger charge is 2.35. The van der Waals surface area contributed by atoms with Crippen molar-refractivity contribution in [3.8, 4) is 17.3 Å². The second-order valence-electron chi connectivity index (χ2n) is 8.08. The Morgan fingerprint density at radius 2 is 1.94 bits per heavy atom. The average molecular weight is 451 g/mol. The van der Waals surface area contributed by atoms with Crippen LogP contribution in [0.1, 0.15) is 18.3 Å². The van der Waals surface area contributed by atoms with Gasteiger partial charge < -0.3 is 19.7 Å². The first-order valence-corrected chi connectivity index (χ1v) is 11.1. The Bertz CT molecular complexity index is 1180. The van der Waals surface area contributed by atoms with Crippen molar-refractivity contribution in [2.75, 3.05) is 37.0 Å². The van der Waals surface area contributed by atoms with Gasteiger partial charge in [-0.1, -0.05) is 6.07 Å². The fraction of sp³-hybridized carbons (Fsp3) is 0.417. The number of nitrogens with one attached hydrogen (secondary N) is 1. The van der Waals surface area contributed by atoms with E-state index in [-0.39, 0.29) is 17.7 Å². The summed E-state index contributed by atoms with van der Waals surface area (Å²) in [6, 6.07) is 9.43. The molecular weight excluding hydrogens is 420 g/mol. The Morgan fingerprint density at radius 3 is 2.61 bits per heavy atom. The van der Waals surface area contributed by atoms with E-state index in [1.54, 1.807) is 31.0 Å². The van der Waals surface area contributed by atoms with Crippen LogP contribution in [0.2, 0.25) is 0 Å². The molecule has 1 aliphatic heterocycles. The maximum Gasteiger partial charge on any atom is 0.277 e. The zero-order valence-corrected chi connectivity index (χ0v) is 19.7. The molecule has 1 fully saturated rings. The third-order valence-corrected chi connectivity index (χ3v) is 5.93. The summed E-state index contributed by atoms with van der Waals surface area (Å²) < 4.78 is 12.8. The molecule has 0 bridgehead atoms. The zero-order chi connectivity index (χ0) is 23.5. The Labute approximate surface area is 193 Å². The summed E-state index contributed by atoms with van der Waals surface area (Å²) in [6.07, 6.45) is 1.71. The van der Waals surface area contributed by atoms with Crippen LogP contribution in [-0.4, -0.2) is 58.5 Å². The third-order valence-electron chi connectivity index (χ3n) is 5.93. The van der Waals surface area contributed by atoms with Gasteiger partial charge in [-0.15, -0.1) is 0 Å². The molecule has 3 aromatic heterocycles. The van der Waals surface area contributed by atoms with E-state index in [1.165, 1.54) is 0 Å². The highest BCUT2D eigenvalue weighted by atomic mass is 16.5. The van der Waals surface area contributed by atoms with Crippen molar-refractivity contribution in [2.45, 2.75) is 32.9 Å². The van der Waals surface area contributed by atoms with E-state index in [1.807, 2.05) is 45.0 Å². The number of aromatic nitrogens is 4. The SMILES string of the molecule is CCO[C@@H]1CN(c2ccccn2)C[C@H]1Nc1c(C)nc(-c2ccc(OC)nc2C)n(C)c1=O. The Morgan fingerprint density at radius 1 is 1.12 bits per heavy atom. The predicted molar refractivity (Wildman–Crippen MR) is 128 cm³/mol. The molecule has 0 spiro atoms. The van der Waals surface area contributed by atoms with E-state index in [2.05, 4.69) is 20.2 Å². The van der Waals surface area contributed by atoms with Gasteiger partial charge in [0.15, 0.2) is 0 Å². The molecule has 33 heavy (non-hydrogen) atoms. The number of rotatable bonds is 7. The largest absolute Gasteiger partial charge is 0.481 e. The molecule has 0 radical (unpaired) electrons. The predicted octanol–water partition coefficient (Wildman–Crippen LogP) is 2.57. The van der Waals surface area contributed by atoms with E-state index in [4.69, 9.17) is 14.5 Å². The monoisotopic (exact) mass is 450 g/mol. The molecule has 0 saturated carbocycles. The quantitative estimate of drug-likeness (QED) is 0.587. The Balaban J connectivity index is 1.64. The summed E-state index contributed by atoms with van der Waals surface area (Å²) in [5, 5.41) is 3.44. The van der Waals surface area contributed by atoms with Crippen LogP contribution in [0.3, 0.4) is 0 Å². The van der Waals surface area contributed by atoms with Crippen LogP contribution in [0.25, 0.3) is 11.4 Å². The lowest BCUT2D eigenvalue weighted by Gasteiger charge is -2.22. The van der Waals surface area contributed by atoms with E-state index in [0.717, 1.165) is 17.1 Å². The summed E-state index contributed by atoms with van der Waals surface area (Å²) in [6.45, 7) is 7.67. The minimum Gasteiger partial charge on any atom is -0.481 e. The molecule has 4 heterocycles. The highest BCUT2D eigenvalue weighted by Crippen LogP contribution is 2.26. The minimum atomic E-state index is -0.140. The summed E-state index contributed by atoms with van der Waals surface area (Å²) in [4.78, 5) is 29.2. The Hall–Kier alpha value is -3.46. The van der Waals surface area contributed by atoms with Gasteiger partial charge in [-0.3, -0.25) is 9.36 Å². The molecule has 1 N–H and O–H groups in total. The molecule has 9 nitrogen and oxygen atoms in total. The Kier molecular flexibility index (Phi) is 6.60. The van der Waals surface area contributed by atoms with E-state index in [9.17, 15) is 4.79 Å². The third kappa shape index (κ3) is 4.54. The number of pyridine rings is 2. The number of hydrogen-bond donors (Lipinski definition) is 1. The summed E-state index contributed by atoms with van der Waals surface area (Å²) >= 11 is 0. The van der Waals surface area contributed by atoms with Crippen molar-refractivity contribution >= 4 is 11.5 Å². The lowest BCUT2D eigenvalue weighted by atomic mass is 10.1. The average Bonchev–Trinajstić information content (AvgIpc) is 3.22. The summed E-state index contributed by atoms with van der Waals surface area (Å²) in [5.74, 6) is 1.99. The standard InChI is InChI=1S/C24H30N6O3/c1-6-33-19-14-30(20-9-7-8-12-25-20)13-18(19)28-22-16(3)27-23(29(4)24(22)31)17-10-11-21(32-5)26-15(17)2/h7-12,18-19,28H,6,13-14H2,1-5H3/t18-,19-/m1/s1. The van der Waals surface area contributed by atoms with Crippen LogP contribution in [0, 0.1) is 13.8 Å². The van der Waals surface area contributed by atoms with Crippen molar-refractivity contribution < 1.29 is 9.47 Å². The number of nitrogens with zero attached hydrogens (tertiary/aromatic N) is 5. The number of methoxy groups -OCH3 is 1. The first-order valence-electron chi connectivity index (χ1n) is 11.1. The topological polar surface area (TPSA) is 94.4 Å². The maximum atomic E-state index is 13.4. The van der Waals surface area contributed by atoms with E-state index in [0.29, 0.717) is 42.8 Å². The van der Waals surface area contributed by atoms with Crippen LogP contribution < -0.4 is 20.5 Å². The molecule has 0 amide bonds. The van der Waals surface area contributed by atoms with Gasteiger partial charge in [-0.25, -0.2) is 15.0 Å². The maximum absolute atomic E-state index is 13.4. The van der Waals surface area contributed by atoms with Crippen molar-refractivity contribution in [1.29, 1.82) is 0 Å². The van der Waals surface area contributed by atoms with Gasteiger partial charge >= 0.3 is 0 Å². The molecule has 3 aromatic rings. The smallest absolute Gasteiger partial charge is 0.277 e. The number of hydrogen-bond acceptors (Lipinski definition) is 8. The van der Waals surface area contributed by atoms with Gasteiger partial charge in [0.05, 0.1) is 30.6 Å². The number of aryl methyl sites for hydroxylation is 2. The van der Waals surface area contributed by atoms with Gasteiger partial charge in [-0.2, -0.15) is 0 Å². The van der Waals surface area contributed by atoms with Gasteiger partial charge in [0.25, 0.3) is 5.56 Å². The first-order chi connectivity index (χ1) is 15.9. The molecule has 0 aliphatic carbocycles. The fourth-order valence-corrected chi connectivity index (χ4v) is 4.21. The van der Waals surface area contributed by atoms with Crippen molar-refractivity contribution in [2.24, 2.45) is 7.05 Å². The van der Waals surface area contributed by atoms with Crippen LogP contribution in [-0.2, 0) is 11.8 Å². The van der Waals surface area contributed by atoms with Crippen LogP contribution in [0.5, 0.6) is 5.88 Å². The molecule has 4 rings (SSSR count). The molecule has 2 atom stereocenters. The zero-order valence-electron chi connectivity index (χ0n) is 19.7. The molecule has 1 saturated heterocycles. The van der Waals surface area contributed by atoms with Crippen LogP contribution in [0.15, 0.2) is 41.3 Å². The lowest BCUT2D eigenvalue weighted by molar-refractivity contribution is 0.0720. The van der Waals surface area contributed by atoms with E-state index >= 15 is 0 Å². The normalized spacial score (nSPS) is 17.9. The number of ether oxygens (including phenoxy) is 2. The van der Waals surface area contributed by atoms with Crippen LogP contribution >= 0.6 is 0 Å². The number of anilines is 2. The molecule has 1 aliphatic rings. The second kappa shape index (κ2) is 9.58. The van der Waals surface area contributed by atoms with Crippen LogP contribution in [0.4, 0.5) is 11.5 Å². The fourth-order valence-electron chi connectivity index (χ4n) is 4.21. The molecule has 9 heteroatoms. The van der Waals surface area contributed by atoms with Crippen molar-refractivity contribution in [1.82, 2.24) is 19.5 Å². The molecule has 174 valence electrons. The van der Waals surface area contributed by atoms with Gasteiger partial charge in [-0.05, 0) is 39.0 Å². The van der Waals surface area contributed by atoms with Gasteiger partial charge in [0.1, 0.15) is 17.3 Å². The van der Waals surface area contributed by atoms with Crippen molar-refractivity contribution in [3.63, 3.8) is 0 Å². The minimum absolute atomic E-state index is 0.0737. The summed E-state index contributed by atoms with van der Waals surface area (Å²) in [7, 11) is 3.31. The highest BCUT2D eigenvalue weighted by molar-refractivity contribution is 5.62.